The van der Waals surface area contributed by atoms with E-state index in [9.17, 15) is 9.59 Å². The van der Waals surface area contributed by atoms with Crippen molar-refractivity contribution < 1.29 is 9.59 Å². The van der Waals surface area contributed by atoms with Gasteiger partial charge >= 0.3 is 0 Å². The first-order valence-electron chi connectivity index (χ1n) is 8.51. The number of hydrogen-bond acceptors (Lipinski definition) is 3. The molecule has 0 aromatic heterocycles. The molecule has 0 spiro atoms. The zero-order chi connectivity index (χ0) is 16.2. The van der Waals surface area contributed by atoms with Gasteiger partial charge in [0.15, 0.2) is 0 Å². The highest BCUT2D eigenvalue weighted by Crippen LogP contribution is 2.29. The number of thioether (sulfide) groups is 1. The van der Waals surface area contributed by atoms with Crippen LogP contribution in [0.3, 0.4) is 0 Å². The molecule has 2 aliphatic rings. The minimum Gasteiger partial charge on any atom is -0.349 e. The Bertz CT molecular complexity index is 601. The third-order valence-electron chi connectivity index (χ3n) is 4.63. The summed E-state index contributed by atoms with van der Waals surface area (Å²) in [5.74, 6) is 1.20. The van der Waals surface area contributed by atoms with E-state index in [-0.39, 0.29) is 17.9 Å². The van der Waals surface area contributed by atoms with Crippen LogP contribution in [0, 0.1) is 0 Å². The second-order valence-electron chi connectivity index (χ2n) is 6.33. The fourth-order valence-corrected chi connectivity index (χ4v) is 4.63. The minimum absolute atomic E-state index is 0.0110. The maximum Gasteiger partial charge on any atom is 0.251 e. The van der Waals surface area contributed by atoms with E-state index in [4.69, 9.17) is 0 Å². The van der Waals surface area contributed by atoms with Crippen molar-refractivity contribution in [1.29, 1.82) is 0 Å². The second-order valence-corrected chi connectivity index (χ2v) is 7.91. The van der Waals surface area contributed by atoms with Crippen LogP contribution >= 0.6 is 11.8 Å². The normalized spacial score (nSPS) is 23.8. The van der Waals surface area contributed by atoms with Crippen LogP contribution in [0.4, 0.5) is 5.69 Å². The van der Waals surface area contributed by atoms with E-state index >= 15 is 0 Å². The highest BCUT2D eigenvalue weighted by Gasteiger charge is 2.24. The molecule has 1 aromatic carbocycles. The van der Waals surface area contributed by atoms with Crippen LogP contribution in [-0.2, 0) is 11.2 Å². The zero-order valence-corrected chi connectivity index (χ0v) is 14.4. The van der Waals surface area contributed by atoms with Gasteiger partial charge in [-0.1, -0.05) is 13.3 Å². The monoisotopic (exact) mass is 332 g/mol. The lowest BCUT2D eigenvalue weighted by molar-refractivity contribution is -0.116. The van der Waals surface area contributed by atoms with Gasteiger partial charge in [-0.05, 0) is 55.2 Å². The van der Waals surface area contributed by atoms with Gasteiger partial charge in [0.25, 0.3) is 5.91 Å². The highest BCUT2D eigenvalue weighted by molar-refractivity contribution is 7.99. The van der Waals surface area contributed by atoms with E-state index in [0.717, 1.165) is 29.8 Å². The summed E-state index contributed by atoms with van der Waals surface area (Å²) < 4.78 is 0. The van der Waals surface area contributed by atoms with Gasteiger partial charge < -0.3 is 10.6 Å². The van der Waals surface area contributed by atoms with Gasteiger partial charge in [0.2, 0.25) is 5.91 Å². The molecule has 2 N–H and O–H groups in total. The summed E-state index contributed by atoms with van der Waals surface area (Å²) in [6, 6.07) is 5.86. The maximum absolute atomic E-state index is 12.5. The Morgan fingerprint density at radius 1 is 1.35 bits per heavy atom. The molecule has 1 heterocycles. The maximum atomic E-state index is 12.5. The summed E-state index contributed by atoms with van der Waals surface area (Å²) in [5, 5.41) is 6.73. The van der Waals surface area contributed by atoms with E-state index in [1.807, 2.05) is 23.9 Å². The Kier molecular flexibility index (Phi) is 5.26. The van der Waals surface area contributed by atoms with Gasteiger partial charge in [0, 0.05) is 29.0 Å². The number of fused-ring (bicyclic) bond motifs is 1. The topological polar surface area (TPSA) is 58.2 Å². The number of carbonyl (C=O) groups excluding carboxylic acids is 2. The SMILES string of the molecule is CCS[C@@H]1CCC[C@@H](NC(=O)c2ccc3c(c2)CCC(=O)N3)C1. The number of aryl methyl sites for hydroxylation is 1. The van der Waals surface area contributed by atoms with Crippen LogP contribution in [0.25, 0.3) is 0 Å². The van der Waals surface area contributed by atoms with E-state index < -0.39 is 0 Å². The lowest BCUT2D eigenvalue weighted by Gasteiger charge is -2.29. The van der Waals surface area contributed by atoms with Crippen molar-refractivity contribution in [2.45, 2.75) is 56.7 Å². The number of benzene rings is 1. The van der Waals surface area contributed by atoms with Gasteiger partial charge in [-0.25, -0.2) is 0 Å². The predicted molar refractivity (Wildman–Crippen MR) is 95.0 cm³/mol. The van der Waals surface area contributed by atoms with Gasteiger partial charge in [0.1, 0.15) is 0 Å². The third-order valence-corrected chi connectivity index (χ3v) is 5.86. The number of rotatable bonds is 4. The molecule has 5 heteroatoms. The van der Waals surface area contributed by atoms with Crippen molar-refractivity contribution in [2.75, 3.05) is 11.1 Å². The Morgan fingerprint density at radius 2 is 2.22 bits per heavy atom. The summed E-state index contributed by atoms with van der Waals surface area (Å²) in [4.78, 5) is 23.9. The highest BCUT2D eigenvalue weighted by atomic mass is 32.2. The molecule has 124 valence electrons. The van der Waals surface area contributed by atoms with Crippen molar-refractivity contribution in [2.24, 2.45) is 0 Å². The summed E-state index contributed by atoms with van der Waals surface area (Å²) in [6.07, 6.45) is 5.82. The first-order chi connectivity index (χ1) is 11.2. The first-order valence-corrected chi connectivity index (χ1v) is 9.56. The van der Waals surface area contributed by atoms with Crippen LogP contribution < -0.4 is 10.6 Å². The molecule has 2 atom stereocenters. The molecule has 2 amide bonds. The number of amides is 2. The molecule has 1 aliphatic heterocycles. The first kappa shape index (κ1) is 16.4. The fraction of sp³-hybridized carbons (Fsp3) is 0.556. The molecule has 1 aliphatic carbocycles. The van der Waals surface area contributed by atoms with E-state index in [2.05, 4.69) is 17.6 Å². The molecule has 4 nitrogen and oxygen atoms in total. The number of nitrogens with one attached hydrogen (secondary N) is 2. The van der Waals surface area contributed by atoms with Crippen LogP contribution in [0.2, 0.25) is 0 Å². The lowest BCUT2D eigenvalue weighted by Crippen LogP contribution is -2.39. The van der Waals surface area contributed by atoms with E-state index in [1.165, 1.54) is 12.8 Å². The van der Waals surface area contributed by atoms with Gasteiger partial charge in [-0.2, -0.15) is 11.8 Å². The molecule has 0 saturated heterocycles. The Labute approximate surface area is 141 Å². The Balaban J connectivity index is 1.63. The molecule has 1 fully saturated rings. The molecule has 1 aromatic rings. The van der Waals surface area contributed by atoms with Gasteiger partial charge in [-0.15, -0.1) is 0 Å². The molecular weight excluding hydrogens is 308 g/mol. The standard InChI is InChI=1S/C18H24N2O2S/c1-2-23-15-5-3-4-14(11-15)19-18(22)13-6-8-16-12(10-13)7-9-17(21)20-16/h6,8,10,14-15H,2-5,7,9,11H2,1H3,(H,19,22)(H,20,21)/t14-,15-/m1/s1. The van der Waals surface area contributed by atoms with Crippen LogP contribution in [0.1, 0.15) is 54.9 Å². The Hall–Kier alpha value is -1.49. The van der Waals surface area contributed by atoms with Crippen molar-refractivity contribution in [3.63, 3.8) is 0 Å². The van der Waals surface area contributed by atoms with Crippen molar-refractivity contribution in [3.8, 4) is 0 Å². The molecule has 3 rings (SSSR count). The zero-order valence-electron chi connectivity index (χ0n) is 13.6. The molecular formula is C18H24N2O2S. The van der Waals surface area contributed by atoms with Crippen molar-refractivity contribution >= 4 is 29.3 Å². The van der Waals surface area contributed by atoms with Crippen LogP contribution in [-0.4, -0.2) is 28.9 Å². The van der Waals surface area contributed by atoms with Gasteiger partial charge in [-0.3, -0.25) is 9.59 Å². The van der Waals surface area contributed by atoms with Gasteiger partial charge in [0.05, 0.1) is 0 Å². The quantitative estimate of drug-likeness (QED) is 0.889. The smallest absolute Gasteiger partial charge is 0.251 e. The van der Waals surface area contributed by atoms with E-state index in [1.54, 1.807) is 6.07 Å². The van der Waals surface area contributed by atoms with Crippen LogP contribution in [0.15, 0.2) is 18.2 Å². The molecule has 0 radical (unpaired) electrons. The van der Waals surface area contributed by atoms with E-state index in [0.29, 0.717) is 23.7 Å². The average Bonchev–Trinajstić information content (AvgIpc) is 2.55. The third kappa shape index (κ3) is 4.08. The number of anilines is 1. The molecule has 0 unspecified atom stereocenters. The molecule has 1 saturated carbocycles. The largest absolute Gasteiger partial charge is 0.349 e. The molecule has 23 heavy (non-hydrogen) atoms. The van der Waals surface area contributed by atoms with Crippen molar-refractivity contribution in [1.82, 2.24) is 5.32 Å². The minimum atomic E-state index is 0.0110. The summed E-state index contributed by atoms with van der Waals surface area (Å²) in [7, 11) is 0. The van der Waals surface area contributed by atoms with Crippen LogP contribution in [0.5, 0.6) is 0 Å². The second kappa shape index (κ2) is 7.39. The number of hydrogen-bond donors (Lipinski definition) is 2. The average molecular weight is 332 g/mol. The summed E-state index contributed by atoms with van der Waals surface area (Å²) in [6.45, 7) is 2.19. The molecule has 0 bridgehead atoms. The summed E-state index contributed by atoms with van der Waals surface area (Å²) >= 11 is 2.01. The Morgan fingerprint density at radius 3 is 3.04 bits per heavy atom. The van der Waals surface area contributed by atoms with Crippen molar-refractivity contribution in [3.05, 3.63) is 29.3 Å². The lowest BCUT2D eigenvalue weighted by atomic mass is 9.94. The number of carbonyl (C=O) groups is 2. The fourth-order valence-electron chi connectivity index (χ4n) is 3.46. The predicted octanol–water partition coefficient (Wildman–Crippen LogP) is 3.37. The summed E-state index contributed by atoms with van der Waals surface area (Å²) in [5.41, 5.74) is 2.60.